The van der Waals surface area contributed by atoms with Crippen molar-refractivity contribution in [1.29, 1.82) is 0 Å². The molecule has 1 nitrogen and oxygen atoms in total. The maximum atomic E-state index is 5.17. The van der Waals surface area contributed by atoms with Gasteiger partial charge in [-0.05, 0) is 87.2 Å². The van der Waals surface area contributed by atoms with Crippen molar-refractivity contribution in [3.8, 4) is 0 Å². The first kappa shape index (κ1) is 15.6. The summed E-state index contributed by atoms with van der Waals surface area (Å²) in [5.74, 6) is 2.75. The second-order valence-corrected chi connectivity index (χ2v) is 7.37. The fourth-order valence-electron chi connectivity index (χ4n) is 4.53. The Balaban J connectivity index is 1.50. The van der Waals surface area contributed by atoms with Gasteiger partial charge < -0.3 is 4.74 Å². The van der Waals surface area contributed by atoms with E-state index in [1.165, 1.54) is 62.5 Å². The van der Waals surface area contributed by atoms with Crippen LogP contribution in [0.15, 0.2) is 36.1 Å². The zero-order valence-corrected chi connectivity index (χ0v) is 14.2. The number of hydrogen-bond donors (Lipinski definition) is 0. The number of ether oxygens (including phenoxy) is 1. The van der Waals surface area contributed by atoms with Crippen LogP contribution in [0.3, 0.4) is 0 Å². The van der Waals surface area contributed by atoms with Crippen molar-refractivity contribution in [3.05, 3.63) is 47.2 Å². The van der Waals surface area contributed by atoms with Crippen LogP contribution in [0.25, 0.3) is 0 Å². The highest BCUT2D eigenvalue weighted by atomic mass is 16.5. The minimum atomic E-state index is 0.810. The van der Waals surface area contributed by atoms with Crippen molar-refractivity contribution in [2.24, 2.45) is 11.8 Å². The van der Waals surface area contributed by atoms with Crippen LogP contribution in [-0.4, -0.2) is 7.11 Å². The Kier molecular flexibility index (Phi) is 5.23. The van der Waals surface area contributed by atoms with E-state index in [9.17, 15) is 0 Å². The van der Waals surface area contributed by atoms with E-state index in [2.05, 4.69) is 31.2 Å². The topological polar surface area (TPSA) is 9.23 Å². The van der Waals surface area contributed by atoms with Crippen molar-refractivity contribution in [3.63, 3.8) is 0 Å². The summed E-state index contributed by atoms with van der Waals surface area (Å²) in [5.41, 5.74) is 4.46. The first-order valence-electron chi connectivity index (χ1n) is 9.03. The molecular formula is C21H30O. The predicted octanol–water partition coefficient (Wildman–Crippen LogP) is 5.99. The standard InChI is InChI=1S/C21H30O/c1-16-3-7-18(8-4-16)20-11-13-21(14-12-20)19-9-5-17(6-10-19)15-22-2/h3-4,7-8,15,19-21H,5-6,9-14H2,1-2H3. The van der Waals surface area contributed by atoms with Gasteiger partial charge in [-0.1, -0.05) is 29.8 Å². The van der Waals surface area contributed by atoms with Crippen LogP contribution in [0.5, 0.6) is 0 Å². The molecule has 0 bridgehead atoms. The van der Waals surface area contributed by atoms with E-state index in [4.69, 9.17) is 4.74 Å². The molecule has 0 saturated heterocycles. The monoisotopic (exact) mass is 298 g/mol. The van der Waals surface area contributed by atoms with Gasteiger partial charge in [-0.2, -0.15) is 0 Å². The van der Waals surface area contributed by atoms with E-state index in [1.807, 2.05) is 6.26 Å². The lowest BCUT2D eigenvalue weighted by molar-refractivity contribution is 0.197. The van der Waals surface area contributed by atoms with Gasteiger partial charge in [0, 0.05) is 0 Å². The minimum Gasteiger partial charge on any atom is -0.504 e. The van der Waals surface area contributed by atoms with Gasteiger partial charge in [0.15, 0.2) is 0 Å². The molecule has 0 unspecified atom stereocenters. The number of methoxy groups -OCH3 is 1. The molecule has 2 saturated carbocycles. The lowest BCUT2D eigenvalue weighted by Gasteiger charge is -2.36. The molecule has 0 aromatic heterocycles. The normalized spacial score (nSPS) is 29.2. The number of rotatable bonds is 3. The van der Waals surface area contributed by atoms with Gasteiger partial charge in [-0.25, -0.2) is 0 Å². The summed E-state index contributed by atoms with van der Waals surface area (Å²) in [5, 5.41) is 0. The summed E-state index contributed by atoms with van der Waals surface area (Å²) in [6, 6.07) is 9.24. The van der Waals surface area contributed by atoms with Gasteiger partial charge in [-0.15, -0.1) is 0 Å². The molecule has 1 aromatic rings. The number of aryl methyl sites for hydroxylation is 1. The first-order valence-corrected chi connectivity index (χ1v) is 9.03. The summed E-state index contributed by atoms with van der Waals surface area (Å²) in [7, 11) is 1.77. The van der Waals surface area contributed by atoms with Gasteiger partial charge in [0.1, 0.15) is 0 Å². The van der Waals surface area contributed by atoms with Crippen molar-refractivity contribution in [2.75, 3.05) is 7.11 Å². The van der Waals surface area contributed by atoms with Crippen LogP contribution in [-0.2, 0) is 4.74 Å². The maximum Gasteiger partial charge on any atom is 0.0816 e. The second-order valence-electron chi connectivity index (χ2n) is 7.37. The third-order valence-electron chi connectivity index (χ3n) is 5.94. The highest BCUT2D eigenvalue weighted by Gasteiger charge is 2.29. The van der Waals surface area contributed by atoms with Gasteiger partial charge in [0.25, 0.3) is 0 Å². The second kappa shape index (κ2) is 7.35. The molecule has 2 aliphatic carbocycles. The molecule has 0 N–H and O–H groups in total. The highest BCUT2D eigenvalue weighted by molar-refractivity contribution is 5.24. The van der Waals surface area contributed by atoms with Crippen molar-refractivity contribution in [2.45, 2.75) is 64.2 Å². The average molecular weight is 298 g/mol. The largest absolute Gasteiger partial charge is 0.504 e. The Morgan fingerprint density at radius 1 is 0.864 bits per heavy atom. The fourth-order valence-corrected chi connectivity index (χ4v) is 4.53. The molecule has 2 aliphatic rings. The molecule has 1 heteroatoms. The smallest absolute Gasteiger partial charge is 0.0816 e. The Labute approximate surface area is 135 Å². The quantitative estimate of drug-likeness (QED) is 0.623. The predicted molar refractivity (Wildman–Crippen MR) is 92.9 cm³/mol. The highest BCUT2D eigenvalue weighted by Crippen LogP contribution is 2.43. The van der Waals surface area contributed by atoms with Crippen LogP contribution in [0.2, 0.25) is 0 Å². The molecule has 120 valence electrons. The molecular weight excluding hydrogens is 268 g/mol. The molecule has 1 aromatic carbocycles. The van der Waals surface area contributed by atoms with Crippen LogP contribution in [0.1, 0.15) is 68.4 Å². The molecule has 0 atom stereocenters. The SMILES string of the molecule is COC=C1CCC(C2CCC(c3ccc(C)cc3)CC2)CC1. The van der Waals surface area contributed by atoms with E-state index < -0.39 is 0 Å². The molecule has 22 heavy (non-hydrogen) atoms. The minimum absolute atomic E-state index is 0.810. The fraction of sp³-hybridized carbons (Fsp3) is 0.619. The van der Waals surface area contributed by atoms with Crippen molar-refractivity contribution < 1.29 is 4.74 Å². The van der Waals surface area contributed by atoms with E-state index in [0.717, 1.165) is 17.8 Å². The Bertz CT molecular complexity index is 481. The number of benzene rings is 1. The average Bonchev–Trinajstić information content (AvgIpc) is 2.57. The first-order chi connectivity index (χ1) is 10.8. The molecule has 0 aliphatic heterocycles. The zero-order valence-electron chi connectivity index (χ0n) is 14.2. The van der Waals surface area contributed by atoms with Crippen LogP contribution >= 0.6 is 0 Å². The van der Waals surface area contributed by atoms with E-state index in [-0.39, 0.29) is 0 Å². The molecule has 2 fully saturated rings. The van der Waals surface area contributed by atoms with Gasteiger partial charge >= 0.3 is 0 Å². The summed E-state index contributed by atoms with van der Waals surface area (Å²) < 4.78 is 5.17. The molecule has 0 amide bonds. The third-order valence-corrected chi connectivity index (χ3v) is 5.94. The van der Waals surface area contributed by atoms with E-state index >= 15 is 0 Å². The van der Waals surface area contributed by atoms with E-state index in [1.54, 1.807) is 12.7 Å². The number of hydrogen-bond acceptors (Lipinski definition) is 1. The molecule has 0 radical (unpaired) electrons. The van der Waals surface area contributed by atoms with Crippen molar-refractivity contribution >= 4 is 0 Å². The third kappa shape index (κ3) is 3.74. The van der Waals surface area contributed by atoms with Gasteiger partial charge in [0.2, 0.25) is 0 Å². The zero-order chi connectivity index (χ0) is 15.4. The van der Waals surface area contributed by atoms with Crippen LogP contribution in [0.4, 0.5) is 0 Å². The van der Waals surface area contributed by atoms with Crippen LogP contribution in [0, 0.1) is 18.8 Å². The molecule has 0 spiro atoms. The Hall–Kier alpha value is -1.24. The molecule has 0 heterocycles. The summed E-state index contributed by atoms with van der Waals surface area (Å²) in [4.78, 5) is 0. The van der Waals surface area contributed by atoms with E-state index in [0.29, 0.717) is 0 Å². The lowest BCUT2D eigenvalue weighted by atomic mass is 9.69. The number of allylic oxidation sites excluding steroid dienone is 1. The van der Waals surface area contributed by atoms with Crippen molar-refractivity contribution in [1.82, 2.24) is 0 Å². The summed E-state index contributed by atoms with van der Waals surface area (Å²) in [6.07, 6.45) is 12.9. The summed E-state index contributed by atoms with van der Waals surface area (Å²) in [6.45, 7) is 2.18. The lowest BCUT2D eigenvalue weighted by Crippen LogP contribution is -2.23. The van der Waals surface area contributed by atoms with Crippen LogP contribution < -0.4 is 0 Å². The Morgan fingerprint density at radius 3 is 2.05 bits per heavy atom. The maximum absolute atomic E-state index is 5.17. The van der Waals surface area contributed by atoms with Gasteiger partial charge in [0.05, 0.1) is 13.4 Å². The van der Waals surface area contributed by atoms with Gasteiger partial charge in [-0.3, -0.25) is 0 Å². The molecule has 3 rings (SSSR count). The Morgan fingerprint density at radius 2 is 1.45 bits per heavy atom. The summed E-state index contributed by atoms with van der Waals surface area (Å²) >= 11 is 0.